The molecule has 0 spiro atoms. The molecule has 1 saturated heterocycles. The molecule has 1 aliphatic heterocycles. The van der Waals surface area contributed by atoms with Crippen molar-refractivity contribution >= 4 is 11.9 Å². The number of rotatable bonds is 6. The maximum atomic E-state index is 11.8. The Kier molecular flexibility index (Phi) is 6.28. The molecule has 5 nitrogen and oxygen atoms in total. The Bertz CT molecular complexity index is 318. The van der Waals surface area contributed by atoms with Gasteiger partial charge in [-0.05, 0) is 12.3 Å². The first-order valence-electron chi connectivity index (χ1n) is 7.16. The topological polar surface area (TPSA) is 69.6 Å². The minimum atomic E-state index is -0.763. The van der Waals surface area contributed by atoms with Crippen molar-refractivity contribution in [3.8, 4) is 0 Å². The summed E-state index contributed by atoms with van der Waals surface area (Å²) in [6.07, 6.45) is 2.23. The van der Waals surface area contributed by atoms with Crippen molar-refractivity contribution in [2.75, 3.05) is 19.6 Å². The fourth-order valence-corrected chi connectivity index (χ4v) is 2.51. The predicted molar refractivity (Wildman–Crippen MR) is 73.9 cm³/mol. The van der Waals surface area contributed by atoms with Gasteiger partial charge in [-0.15, -0.1) is 0 Å². The molecule has 2 atom stereocenters. The van der Waals surface area contributed by atoms with E-state index < -0.39 is 5.97 Å². The van der Waals surface area contributed by atoms with Gasteiger partial charge in [-0.2, -0.15) is 0 Å². The third-order valence-electron chi connectivity index (χ3n) is 3.70. The second kappa shape index (κ2) is 7.48. The first-order chi connectivity index (χ1) is 8.92. The first kappa shape index (κ1) is 16.0. The number of aliphatic carboxylic acids is 1. The molecule has 0 aliphatic carbocycles. The van der Waals surface area contributed by atoms with Crippen molar-refractivity contribution in [2.45, 2.75) is 46.1 Å². The fourth-order valence-electron chi connectivity index (χ4n) is 2.51. The zero-order valence-electron chi connectivity index (χ0n) is 12.2. The predicted octanol–water partition coefficient (Wildman–Crippen LogP) is 1.33. The lowest BCUT2D eigenvalue weighted by atomic mass is 9.91. The van der Waals surface area contributed by atoms with E-state index in [9.17, 15) is 9.59 Å². The third-order valence-corrected chi connectivity index (χ3v) is 3.70. The molecule has 1 aliphatic rings. The number of piperidine rings is 1. The normalized spacial score (nSPS) is 24.4. The summed E-state index contributed by atoms with van der Waals surface area (Å²) in [7, 11) is 0. The van der Waals surface area contributed by atoms with Crippen LogP contribution in [0.2, 0.25) is 0 Å². The van der Waals surface area contributed by atoms with E-state index in [1.807, 2.05) is 13.8 Å². The van der Waals surface area contributed by atoms with Gasteiger partial charge in [0, 0.05) is 31.6 Å². The van der Waals surface area contributed by atoms with Gasteiger partial charge in [0.15, 0.2) is 0 Å². The molecule has 1 heterocycles. The monoisotopic (exact) mass is 270 g/mol. The van der Waals surface area contributed by atoms with Crippen molar-refractivity contribution in [3.63, 3.8) is 0 Å². The van der Waals surface area contributed by atoms with Crippen LogP contribution in [0.25, 0.3) is 0 Å². The number of amides is 1. The van der Waals surface area contributed by atoms with Gasteiger partial charge in [-0.1, -0.05) is 27.2 Å². The van der Waals surface area contributed by atoms with E-state index >= 15 is 0 Å². The molecule has 1 rings (SSSR count). The summed E-state index contributed by atoms with van der Waals surface area (Å²) in [6, 6.07) is 0.155. The molecular weight excluding hydrogens is 244 g/mol. The maximum absolute atomic E-state index is 11.8. The Morgan fingerprint density at radius 3 is 2.58 bits per heavy atom. The number of nitrogens with one attached hydrogen (secondary N) is 1. The summed E-state index contributed by atoms with van der Waals surface area (Å²) < 4.78 is 0. The molecule has 0 bridgehead atoms. The smallest absolute Gasteiger partial charge is 0.304 e. The van der Waals surface area contributed by atoms with Crippen molar-refractivity contribution in [1.29, 1.82) is 0 Å². The van der Waals surface area contributed by atoms with Crippen LogP contribution in [-0.2, 0) is 9.59 Å². The Morgan fingerprint density at radius 2 is 2.05 bits per heavy atom. The number of carbonyl (C=O) groups excluding carboxylic acids is 1. The zero-order chi connectivity index (χ0) is 14.4. The molecule has 0 radical (unpaired) electrons. The quantitative estimate of drug-likeness (QED) is 0.764. The molecule has 0 aromatic rings. The maximum Gasteiger partial charge on any atom is 0.304 e. The van der Waals surface area contributed by atoms with Crippen molar-refractivity contribution in [3.05, 3.63) is 0 Å². The van der Waals surface area contributed by atoms with E-state index in [1.165, 1.54) is 0 Å². The van der Waals surface area contributed by atoms with Crippen molar-refractivity contribution in [2.24, 2.45) is 11.8 Å². The molecule has 2 unspecified atom stereocenters. The van der Waals surface area contributed by atoms with Gasteiger partial charge in [0.25, 0.3) is 0 Å². The summed E-state index contributed by atoms with van der Waals surface area (Å²) in [5.41, 5.74) is 0. The van der Waals surface area contributed by atoms with E-state index in [2.05, 4.69) is 17.1 Å². The molecule has 0 aromatic heterocycles. The minimum absolute atomic E-state index is 0.00512. The second-order valence-corrected chi connectivity index (χ2v) is 5.77. The summed E-state index contributed by atoms with van der Waals surface area (Å²) in [5, 5.41) is 11.8. The van der Waals surface area contributed by atoms with Crippen LogP contribution in [0.1, 0.15) is 40.0 Å². The minimum Gasteiger partial charge on any atom is -0.481 e. The van der Waals surface area contributed by atoms with Gasteiger partial charge in [-0.3, -0.25) is 9.59 Å². The van der Waals surface area contributed by atoms with Crippen LogP contribution < -0.4 is 5.32 Å². The molecule has 0 aromatic carbocycles. The Morgan fingerprint density at radius 1 is 1.37 bits per heavy atom. The summed E-state index contributed by atoms with van der Waals surface area (Å²) >= 11 is 0. The van der Waals surface area contributed by atoms with E-state index in [-0.39, 0.29) is 24.3 Å². The van der Waals surface area contributed by atoms with Crippen LogP contribution in [0.15, 0.2) is 0 Å². The number of carboxylic acids is 1. The lowest BCUT2D eigenvalue weighted by molar-refractivity contribution is -0.137. The van der Waals surface area contributed by atoms with Crippen LogP contribution >= 0.6 is 0 Å². The second-order valence-electron chi connectivity index (χ2n) is 5.77. The van der Waals surface area contributed by atoms with Crippen LogP contribution in [-0.4, -0.2) is 47.6 Å². The van der Waals surface area contributed by atoms with Crippen LogP contribution in [0.5, 0.6) is 0 Å². The van der Waals surface area contributed by atoms with Crippen molar-refractivity contribution < 1.29 is 14.7 Å². The van der Waals surface area contributed by atoms with Crippen LogP contribution in [0.4, 0.5) is 0 Å². The highest BCUT2D eigenvalue weighted by atomic mass is 16.4. The number of carboxylic acid groups (broad SMARTS) is 1. The SMILES string of the molecule is CCC1CC(NC(=O)C(C)C)CN(CCC(=O)O)C1. The highest BCUT2D eigenvalue weighted by Crippen LogP contribution is 2.20. The summed E-state index contributed by atoms with van der Waals surface area (Å²) in [6.45, 7) is 8.20. The average Bonchev–Trinajstić information content (AvgIpc) is 2.35. The third kappa shape index (κ3) is 5.59. The fraction of sp³-hybridized carbons (Fsp3) is 0.857. The van der Waals surface area contributed by atoms with Gasteiger partial charge in [0.05, 0.1) is 6.42 Å². The molecule has 5 heteroatoms. The molecule has 0 saturated carbocycles. The number of hydrogen-bond donors (Lipinski definition) is 2. The van der Waals surface area contributed by atoms with E-state index in [0.717, 1.165) is 25.9 Å². The molecule has 2 N–H and O–H groups in total. The molecule has 1 fully saturated rings. The lowest BCUT2D eigenvalue weighted by Gasteiger charge is -2.38. The zero-order valence-corrected chi connectivity index (χ0v) is 12.2. The van der Waals surface area contributed by atoms with Gasteiger partial charge < -0.3 is 15.3 Å². The Labute approximate surface area is 115 Å². The highest BCUT2D eigenvalue weighted by Gasteiger charge is 2.27. The number of nitrogens with zero attached hydrogens (tertiary/aromatic N) is 1. The van der Waals surface area contributed by atoms with Crippen molar-refractivity contribution in [1.82, 2.24) is 10.2 Å². The van der Waals surface area contributed by atoms with Crippen LogP contribution in [0, 0.1) is 11.8 Å². The van der Waals surface area contributed by atoms with Gasteiger partial charge in [0.1, 0.15) is 0 Å². The average molecular weight is 270 g/mol. The molecule has 1 amide bonds. The Balaban J connectivity index is 2.52. The van der Waals surface area contributed by atoms with E-state index in [1.54, 1.807) is 0 Å². The first-order valence-corrected chi connectivity index (χ1v) is 7.16. The molecular formula is C14H26N2O3. The summed E-state index contributed by atoms with van der Waals surface area (Å²) in [5.74, 6) is -0.143. The van der Waals surface area contributed by atoms with E-state index in [4.69, 9.17) is 5.11 Å². The molecule has 110 valence electrons. The van der Waals surface area contributed by atoms with Crippen LogP contribution in [0.3, 0.4) is 0 Å². The number of likely N-dealkylation sites (tertiary alicyclic amines) is 1. The number of carbonyl (C=O) groups is 2. The van der Waals surface area contributed by atoms with Gasteiger partial charge >= 0.3 is 5.97 Å². The molecule has 19 heavy (non-hydrogen) atoms. The largest absolute Gasteiger partial charge is 0.481 e. The Hall–Kier alpha value is -1.10. The summed E-state index contributed by atoms with van der Waals surface area (Å²) in [4.78, 5) is 24.6. The standard InChI is InChI=1S/C14H26N2O3/c1-4-11-7-12(15-14(19)10(2)3)9-16(8-11)6-5-13(17)18/h10-12H,4-9H2,1-3H3,(H,15,19)(H,17,18). The van der Waals surface area contributed by atoms with Gasteiger partial charge in [0.2, 0.25) is 5.91 Å². The lowest BCUT2D eigenvalue weighted by Crippen LogP contribution is -2.51. The highest BCUT2D eigenvalue weighted by molar-refractivity contribution is 5.78. The van der Waals surface area contributed by atoms with E-state index in [0.29, 0.717) is 12.5 Å². The number of hydrogen-bond acceptors (Lipinski definition) is 3. The van der Waals surface area contributed by atoms with Gasteiger partial charge in [-0.25, -0.2) is 0 Å².